The lowest BCUT2D eigenvalue weighted by atomic mass is 9.65. The van der Waals surface area contributed by atoms with E-state index in [1.807, 2.05) is 12.1 Å². The van der Waals surface area contributed by atoms with Crippen molar-refractivity contribution in [1.29, 1.82) is 0 Å². The van der Waals surface area contributed by atoms with Crippen molar-refractivity contribution in [2.24, 2.45) is 0 Å². The minimum Gasteiger partial charge on any atom is -0.481 e. The highest BCUT2D eigenvalue weighted by Gasteiger charge is 2.54. The van der Waals surface area contributed by atoms with Gasteiger partial charge in [0.2, 0.25) is 0 Å². The molecule has 4 rings (SSSR count). The van der Waals surface area contributed by atoms with Crippen molar-refractivity contribution in [2.45, 2.75) is 50.1 Å². The molecule has 1 amide bonds. The van der Waals surface area contributed by atoms with Crippen LogP contribution in [0.15, 0.2) is 47.1 Å². The van der Waals surface area contributed by atoms with Crippen molar-refractivity contribution in [3.63, 3.8) is 0 Å². The number of hydrogen-bond donors (Lipinski definition) is 1. The van der Waals surface area contributed by atoms with Crippen molar-refractivity contribution < 1.29 is 19.1 Å². The summed E-state index contributed by atoms with van der Waals surface area (Å²) in [7, 11) is 0. The first-order valence-corrected chi connectivity index (χ1v) is 8.79. The van der Waals surface area contributed by atoms with Gasteiger partial charge in [-0.1, -0.05) is 37.5 Å². The van der Waals surface area contributed by atoms with Crippen LogP contribution in [0.3, 0.4) is 0 Å². The van der Waals surface area contributed by atoms with Gasteiger partial charge >= 0.3 is 5.97 Å². The lowest BCUT2D eigenvalue weighted by Gasteiger charge is -2.52. The number of hydrogen-bond acceptors (Lipinski definition) is 3. The quantitative estimate of drug-likeness (QED) is 0.923. The lowest BCUT2D eigenvalue weighted by molar-refractivity contribution is -0.144. The number of nitrogens with zero attached hydrogens (tertiary/aromatic N) is 1. The summed E-state index contributed by atoms with van der Waals surface area (Å²) in [5, 5.41) is 10.1. The summed E-state index contributed by atoms with van der Waals surface area (Å²) >= 11 is 0. The SMILES string of the molecule is O=C(O)[C@H]1c2ccccc2C(=O)N(Cc2ccco2)C12CCCCC2. The fourth-order valence-electron chi connectivity index (χ4n) is 4.61. The highest BCUT2D eigenvalue weighted by molar-refractivity contribution is 6.01. The molecule has 1 saturated carbocycles. The molecule has 5 heteroatoms. The molecular weight excluding hydrogens is 318 g/mol. The van der Waals surface area contributed by atoms with E-state index in [-0.39, 0.29) is 5.91 Å². The van der Waals surface area contributed by atoms with Crippen molar-refractivity contribution in [3.8, 4) is 0 Å². The van der Waals surface area contributed by atoms with Gasteiger partial charge in [0.15, 0.2) is 0 Å². The summed E-state index contributed by atoms with van der Waals surface area (Å²) in [6.45, 7) is 0.309. The number of aliphatic carboxylic acids is 1. The second-order valence-corrected chi connectivity index (χ2v) is 6.99. The number of carbonyl (C=O) groups is 2. The van der Waals surface area contributed by atoms with Crippen LogP contribution >= 0.6 is 0 Å². The zero-order valence-electron chi connectivity index (χ0n) is 14.0. The molecule has 1 aromatic heterocycles. The van der Waals surface area contributed by atoms with Gasteiger partial charge in [-0.15, -0.1) is 0 Å². The summed E-state index contributed by atoms with van der Waals surface area (Å²) < 4.78 is 5.46. The van der Waals surface area contributed by atoms with Crippen LogP contribution in [0.1, 0.15) is 59.7 Å². The molecule has 0 bridgehead atoms. The average Bonchev–Trinajstić information content (AvgIpc) is 3.13. The predicted molar refractivity (Wildman–Crippen MR) is 91.2 cm³/mol. The van der Waals surface area contributed by atoms with E-state index < -0.39 is 17.4 Å². The molecule has 2 aliphatic rings. The Bertz CT molecular complexity index is 790. The van der Waals surface area contributed by atoms with E-state index in [0.29, 0.717) is 36.3 Å². The zero-order chi connectivity index (χ0) is 17.4. The van der Waals surface area contributed by atoms with E-state index in [4.69, 9.17) is 4.42 Å². The van der Waals surface area contributed by atoms with Crippen LogP contribution in [0.25, 0.3) is 0 Å². The Morgan fingerprint density at radius 3 is 2.60 bits per heavy atom. The van der Waals surface area contributed by atoms with Gasteiger partial charge in [0.25, 0.3) is 5.91 Å². The van der Waals surface area contributed by atoms with Crippen LogP contribution in [0.5, 0.6) is 0 Å². The largest absolute Gasteiger partial charge is 0.481 e. The van der Waals surface area contributed by atoms with Gasteiger partial charge in [0, 0.05) is 5.56 Å². The second-order valence-electron chi connectivity index (χ2n) is 6.99. The number of carboxylic acids is 1. The summed E-state index contributed by atoms with van der Waals surface area (Å²) in [5.41, 5.74) is 0.470. The molecule has 0 radical (unpaired) electrons. The van der Waals surface area contributed by atoms with E-state index in [9.17, 15) is 14.7 Å². The first-order valence-electron chi connectivity index (χ1n) is 8.79. The predicted octanol–water partition coefficient (Wildman–Crippen LogP) is 3.81. The first kappa shape index (κ1) is 15.9. The summed E-state index contributed by atoms with van der Waals surface area (Å²) in [6.07, 6.45) is 5.97. The topological polar surface area (TPSA) is 70.8 Å². The molecule has 25 heavy (non-hydrogen) atoms. The number of rotatable bonds is 3. The highest BCUT2D eigenvalue weighted by Crippen LogP contribution is 2.49. The Labute approximate surface area is 146 Å². The van der Waals surface area contributed by atoms with E-state index in [2.05, 4.69) is 0 Å². The molecule has 1 aliphatic heterocycles. The number of benzene rings is 1. The minimum absolute atomic E-state index is 0.0913. The highest BCUT2D eigenvalue weighted by atomic mass is 16.4. The Morgan fingerprint density at radius 2 is 1.92 bits per heavy atom. The molecule has 2 heterocycles. The molecule has 5 nitrogen and oxygen atoms in total. The van der Waals surface area contributed by atoms with Crippen molar-refractivity contribution in [1.82, 2.24) is 4.90 Å². The van der Waals surface area contributed by atoms with Gasteiger partial charge in [-0.3, -0.25) is 9.59 Å². The molecule has 1 aliphatic carbocycles. The Morgan fingerprint density at radius 1 is 1.16 bits per heavy atom. The molecule has 130 valence electrons. The molecule has 1 N–H and O–H groups in total. The summed E-state index contributed by atoms with van der Waals surface area (Å²) in [4.78, 5) is 27.3. The molecular formula is C20H21NO4. The van der Waals surface area contributed by atoms with Crippen LogP contribution in [0.4, 0.5) is 0 Å². The van der Waals surface area contributed by atoms with Gasteiger partial charge in [0.1, 0.15) is 11.7 Å². The molecule has 1 fully saturated rings. The van der Waals surface area contributed by atoms with Gasteiger partial charge in [-0.2, -0.15) is 0 Å². The van der Waals surface area contributed by atoms with Crippen LogP contribution < -0.4 is 0 Å². The van der Waals surface area contributed by atoms with Gasteiger partial charge in [0.05, 0.1) is 18.3 Å². The number of fused-ring (bicyclic) bond motifs is 1. The maximum absolute atomic E-state index is 13.3. The number of furan rings is 1. The van der Waals surface area contributed by atoms with E-state index in [0.717, 1.165) is 19.3 Å². The summed E-state index contributed by atoms with van der Waals surface area (Å²) in [5.74, 6) is -0.962. The van der Waals surface area contributed by atoms with Gasteiger partial charge in [-0.25, -0.2) is 0 Å². The molecule has 1 atom stereocenters. The van der Waals surface area contributed by atoms with Crippen molar-refractivity contribution in [2.75, 3.05) is 0 Å². The molecule has 1 spiro atoms. The third-order valence-electron chi connectivity index (χ3n) is 5.68. The number of amides is 1. The molecule has 2 aromatic rings. The minimum atomic E-state index is -0.855. The smallest absolute Gasteiger partial charge is 0.313 e. The second kappa shape index (κ2) is 6.06. The molecule has 0 saturated heterocycles. The van der Waals surface area contributed by atoms with Gasteiger partial charge < -0.3 is 14.4 Å². The summed E-state index contributed by atoms with van der Waals surface area (Å²) in [6, 6.07) is 10.8. The number of carbonyl (C=O) groups excluding carboxylic acids is 1. The van der Waals surface area contributed by atoms with Gasteiger partial charge in [-0.05, 0) is 36.6 Å². The monoisotopic (exact) mass is 339 g/mol. The standard InChI is InChI=1S/C20H21NO4/c22-18-16-9-3-2-8-15(16)17(19(23)24)20(10-4-1-5-11-20)21(18)13-14-7-6-12-25-14/h2-3,6-9,12,17H,1,4-5,10-11,13H2,(H,23,24)/t17-/m1/s1. The fourth-order valence-corrected chi connectivity index (χ4v) is 4.61. The van der Waals surface area contributed by atoms with E-state index in [1.54, 1.807) is 35.4 Å². The van der Waals surface area contributed by atoms with Crippen LogP contribution in [-0.4, -0.2) is 27.4 Å². The normalized spacial score (nSPS) is 22.0. The van der Waals surface area contributed by atoms with E-state index >= 15 is 0 Å². The maximum Gasteiger partial charge on any atom is 0.313 e. The van der Waals surface area contributed by atoms with Crippen LogP contribution in [0, 0.1) is 0 Å². The average molecular weight is 339 g/mol. The molecule has 1 aromatic carbocycles. The number of carboxylic acid groups (broad SMARTS) is 1. The Balaban J connectivity index is 1.88. The Kier molecular flexibility index (Phi) is 3.86. The van der Waals surface area contributed by atoms with Crippen molar-refractivity contribution >= 4 is 11.9 Å². The van der Waals surface area contributed by atoms with E-state index in [1.165, 1.54) is 0 Å². The first-order chi connectivity index (χ1) is 12.1. The van der Waals surface area contributed by atoms with Crippen LogP contribution in [0.2, 0.25) is 0 Å². The third-order valence-corrected chi connectivity index (χ3v) is 5.68. The Hall–Kier alpha value is -2.56. The van der Waals surface area contributed by atoms with Crippen molar-refractivity contribution in [3.05, 3.63) is 59.5 Å². The maximum atomic E-state index is 13.3. The molecule has 0 unspecified atom stereocenters. The lowest BCUT2D eigenvalue weighted by Crippen LogP contribution is -2.60. The third kappa shape index (κ3) is 2.46. The zero-order valence-corrected chi connectivity index (χ0v) is 14.0. The van der Waals surface area contributed by atoms with Crippen LogP contribution in [-0.2, 0) is 11.3 Å². The fraction of sp³-hybridized carbons (Fsp3) is 0.400.